The fraction of sp³-hybridized carbons (Fsp3) is 0.310. The van der Waals surface area contributed by atoms with Gasteiger partial charge in [0.2, 0.25) is 0 Å². The average molecular weight is 497 g/mol. The van der Waals surface area contributed by atoms with Gasteiger partial charge in [-0.05, 0) is 84.5 Å². The first kappa shape index (κ1) is 24.6. The molecule has 0 unspecified atom stereocenters. The van der Waals surface area contributed by atoms with E-state index < -0.39 is 6.04 Å². The van der Waals surface area contributed by atoms with Gasteiger partial charge < -0.3 is 9.40 Å². The van der Waals surface area contributed by atoms with Crippen LogP contribution in [0.2, 0.25) is 0 Å². The molecule has 8 nitrogen and oxygen atoms in total. The van der Waals surface area contributed by atoms with E-state index in [1.54, 1.807) is 6.26 Å². The number of rotatable bonds is 8. The first-order valence-electron chi connectivity index (χ1n) is 12.6. The summed E-state index contributed by atoms with van der Waals surface area (Å²) in [5.74, 6) is 1.40. The highest BCUT2D eigenvalue weighted by Gasteiger charge is 2.34. The minimum absolute atomic E-state index is 0.164. The Bertz CT molecular complexity index is 1530. The predicted octanol–water partition coefficient (Wildman–Crippen LogP) is 5.22. The molecule has 0 aliphatic rings. The number of hydrogen-bond donors (Lipinski definition) is 1. The molecule has 2 aromatic carbocycles. The third-order valence-electron chi connectivity index (χ3n) is 6.55. The molecule has 3 aromatic heterocycles. The van der Waals surface area contributed by atoms with E-state index >= 15 is 0 Å². The topological polar surface area (TPSA) is 92.8 Å². The standard InChI is InChI=1S/C29H32N6O2/c1-5-20-13-14-25-22(16-20)17-24(28(36)30-25)26(27-31-32-33-35(27)29(2,3)4)34(19-23-12-9-15-37-23)18-21-10-7-6-8-11-21/h6-17,26H,5,18-19H2,1-4H3,(H,30,36)/t26-/m0/s1. The summed E-state index contributed by atoms with van der Waals surface area (Å²) in [5, 5.41) is 13.8. The lowest BCUT2D eigenvalue weighted by Gasteiger charge is -2.32. The van der Waals surface area contributed by atoms with E-state index in [1.807, 2.05) is 53.2 Å². The summed E-state index contributed by atoms with van der Waals surface area (Å²) < 4.78 is 7.56. The van der Waals surface area contributed by atoms with Crippen molar-refractivity contribution in [1.82, 2.24) is 30.1 Å². The number of pyridine rings is 1. The number of nitrogens with zero attached hydrogens (tertiary/aromatic N) is 5. The molecule has 5 aromatic rings. The largest absolute Gasteiger partial charge is 0.468 e. The van der Waals surface area contributed by atoms with Gasteiger partial charge in [0.15, 0.2) is 5.82 Å². The van der Waals surface area contributed by atoms with Crippen LogP contribution in [0.3, 0.4) is 0 Å². The van der Waals surface area contributed by atoms with Gasteiger partial charge in [0.25, 0.3) is 5.56 Å². The van der Waals surface area contributed by atoms with Crippen molar-refractivity contribution in [3.63, 3.8) is 0 Å². The van der Waals surface area contributed by atoms with E-state index in [4.69, 9.17) is 4.42 Å². The van der Waals surface area contributed by atoms with Crippen LogP contribution >= 0.6 is 0 Å². The molecule has 0 saturated carbocycles. The van der Waals surface area contributed by atoms with Crippen LogP contribution in [0.25, 0.3) is 10.9 Å². The molecular weight excluding hydrogens is 464 g/mol. The second-order valence-corrected chi connectivity index (χ2v) is 10.3. The Morgan fingerprint density at radius 1 is 1.00 bits per heavy atom. The molecule has 1 atom stereocenters. The Morgan fingerprint density at radius 2 is 1.81 bits per heavy atom. The Balaban J connectivity index is 1.73. The van der Waals surface area contributed by atoms with E-state index in [-0.39, 0.29) is 11.1 Å². The fourth-order valence-corrected chi connectivity index (χ4v) is 4.70. The van der Waals surface area contributed by atoms with E-state index in [0.29, 0.717) is 24.5 Å². The maximum Gasteiger partial charge on any atom is 0.253 e. The maximum atomic E-state index is 13.7. The van der Waals surface area contributed by atoms with Gasteiger partial charge in [-0.2, -0.15) is 0 Å². The van der Waals surface area contributed by atoms with Gasteiger partial charge in [0.1, 0.15) is 11.8 Å². The third kappa shape index (κ3) is 5.24. The van der Waals surface area contributed by atoms with E-state index in [1.165, 1.54) is 5.56 Å². The SMILES string of the molecule is CCc1ccc2[nH]c(=O)c([C@@H](c3nnnn3C(C)(C)C)N(Cc3ccccc3)Cc3ccco3)cc2c1. The molecule has 8 heteroatoms. The first-order chi connectivity index (χ1) is 17.8. The number of benzene rings is 2. The van der Waals surface area contributed by atoms with Gasteiger partial charge in [-0.25, -0.2) is 4.68 Å². The molecule has 0 amide bonds. The van der Waals surface area contributed by atoms with Crippen LogP contribution in [-0.2, 0) is 25.0 Å². The minimum atomic E-state index is -0.530. The average Bonchev–Trinajstić information content (AvgIpc) is 3.57. The van der Waals surface area contributed by atoms with E-state index in [9.17, 15) is 4.79 Å². The van der Waals surface area contributed by atoms with E-state index in [2.05, 4.69) is 71.3 Å². The van der Waals surface area contributed by atoms with Crippen LogP contribution in [-0.4, -0.2) is 30.1 Å². The van der Waals surface area contributed by atoms with Gasteiger partial charge in [-0.1, -0.05) is 43.3 Å². The number of aromatic nitrogens is 5. The van der Waals surface area contributed by atoms with Gasteiger partial charge in [-0.15, -0.1) is 5.10 Å². The lowest BCUT2D eigenvalue weighted by atomic mass is 10.00. The normalized spacial score (nSPS) is 12.9. The highest BCUT2D eigenvalue weighted by Crippen LogP contribution is 2.32. The highest BCUT2D eigenvalue weighted by atomic mass is 16.3. The molecule has 1 N–H and O–H groups in total. The molecule has 190 valence electrons. The highest BCUT2D eigenvalue weighted by molar-refractivity contribution is 5.80. The summed E-state index contributed by atoms with van der Waals surface area (Å²) >= 11 is 0. The number of tetrazole rings is 1. The Hall–Kier alpha value is -4.04. The summed E-state index contributed by atoms with van der Waals surface area (Å²) in [5.41, 5.74) is 3.16. The van der Waals surface area contributed by atoms with Crippen molar-refractivity contribution in [1.29, 1.82) is 0 Å². The molecule has 0 fully saturated rings. The monoisotopic (exact) mass is 496 g/mol. The van der Waals surface area contributed by atoms with Gasteiger partial charge in [-0.3, -0.25) is 9.69 Å². The van der Waals surface area contributed by atoms with Crippen molar-refractivity contribution < 1.29 is 4.42 Å². The zero-order chi connectivity index (χ0) is 26.0. The second kappa shape index (κ2) is 10.1. The van der Waals surface area contributed by atoms with Crippen LogP contribution in [0.5, 0.6) is 0 Å². The van der Waals surface area contributed by atoms with Crippen LogP contribution in [0, 0.1) is 0 Å². The molecule has 0 bridgehead atoms. The molecule has 0 aliphatic heterocycles. The number of nitrogens with one attached hydrogen (secondary N) is 1. The van der Waals surface area contributed by atoms with Crippen LogP contribution < -0.4 is 5.56 Å². The van der Waals surface area contributed by atoms with Gasteiger partial charge >= 0.3 is 0 Å². The number of aryl methyl sites for hydroxylation is 1. The van der Waals surface area contributed by atoms with Crippen molar-refractivity contribution >= 4 is 10.9 Å². The van der Waals surface area contributed by atoms with Crippen molar-refractivity contribution in [3.8, 4) is 0 Å². The maximum absolute atomic E-state index is 13.7. The first-order valence-corrected chi connectivity index (χ1v) is 12.6. The zero-order valence-corrected chi connectivity index (χ0v) is 21.7. The summed E-state index contributed by atoms with van der Waals surface area (Å²) in [6.07, 6.45) is 2.58. The van der Waals surface area contributed by atoms with Crippen molar-refractivity contribution in [2.24, 2.45) is 0 Å². The number of furan rings is 1. The molecule has 3 heterocycles. The van der Waals surface area contributed by atoms with E-state index in [0.717, 1.165) is 28.6 Å². The summed E-state index contributed by atoms with van der Waals surface area (Å²) in [4.78, 5) is 19.0. The fourth-order valence-electron chi connectivity index (χ4n) is 4.70. The van der Waals surface area contributed by atoms with Gasteiger partial charge in [0.05, 0.1) is 18.3 Å². The second-order valence-electron chi connectivity index (χ2n) is 10.3. The number of hydrogen-bond acceptors (Lipinski definition) is 6. The number of aromatic amines is 1. The van der Waals surface area contributed by atoms with Crippen molar-refractivity contribution in [2.45, 2.75) is 58.8 Å². The summed E-state index contributed by atoms with van der Waals surface area (Å²) in [6.45, 7) is 9.31. The molecule has 0 radical (unpaired) electrons. The predicted molar refractivity (Wildman–Crippen MR) is 143 cm³/mol. The van der Waals surface area contributed by atoms with Crippen LogP contribution in [0.15, 0.2) is 82.2 Å². The Labute approximate surface area is 215 Å². The Kier molecular flexibility index (Phi) is 6.76. The van der Waals surface area contributed by atoms with Crippen LogP contribution in [0.1, 0.15) is 62.0 Å². The lowest BCUT2D eigenvalue weighted by Crippen LogP contribution is -2.37. The molecule has 37 heavy (non-hydrogen) atoms. The molecule has 0 saturated heterocycles. The minimum Gasteiger partial charge on any atom is -0.468 e. The Morgan fingerprint density at radius 3 is 2.51 bits per heavy atom. The molecule has 0 spiro atoms. The molecule has 5 rings (SSSR count). The van der Waals surface area contributed by atoms with Crippen molar-refractivity contribution in [3.05, 3.63) is 112 Å². The van der Waals surface area contributed by atoms with Crippen LogP contribution in [0.4, 0.5) is 0 Å². The third-order valence-corrected chi connectivity index (χ3v) is 6.55. The summed E-state index contributed by atoms with van der Waals surface area (Å²) in [7, 11) is 0. The quantitative estimate of drug-likeness (QED) is 0.317. The number of H-pyrrole nitrogens is 1. The molecular formula is C29H32N6O2. The summed E-state index contributed by atoms with van der Waals surface area (Å²) in [6, 6.07) is 21.6. The number of fused-ring (bicyclic) bond motifs is 1. The lowest BCUT2D eigenvalue weighted by molar-refractivity contribution is 0.171. The van der Waals surface area contributed by atoms with Gasteiger partial charge in [0, 0.05) is 17.6 Å². The van der Waals surface area contributed by atoms with Crippen molar-refractivity contribution in [2.75, 3.05) is 0 Å². The smallest absolute Gasteiger partial charge is 0.253 e. The zero-order valence-electron chi connectivity index (χ0n) is 21.7. The molecule has 0 aliphatic carbocycles.